The molecule has 0 heterocycles. The van der Waals surface area contributed by atoms with E-state index in [0.717, 1.165) is 5.56 Å². The minimum absolute atomic E-state index is 0.0374. The van der Waals surface area contributed by atoms with E-state index in [-0.39, 0.29) is 24.7 Å². The average Bonchev–Trinajstić information content (AvgIpc) is 2.34. The minimum atomic E-state index is -0.486. The Labute approximate surface area is 110 Å². The molecule has 1 aromatic rings. The van der Waals surface area contributed by atoms with Gasteiger partial charge in [0.15, 0.2) is 6.61 Å². The standard InChI is InChI=1S/C13H14N2O4/c1-4-5-14-13(16)8-19-12-7-11(15(17)18)9(2)6-10(12)3/h1,6-7H,5,8H2,2-3H3,(H,14,16). The Morgan fingerprint density at radius 2 is 2.16 bits per heavy atom. The summed E-state index contributed by atoms with van der Waals surface area (Å²) in [5.74, 6) is 2.20. The van der Waals surface area contributed by atoms with Gasteiger partial charge in [0.05, 0.1) is 17.5 Å². The van der Waals surface area contributed by atoms with Crippen molar-refractivity contribution >= 4 is 11.6 Å². The Hall–Kier alpha value is -2.55. The lowest BCUT2D eigenvalue weighted by Gasteiger charge is -2.09. The fourth-order valence-corrected chi connectivity index (χ4v) is 1.52. The maximum atomic E-state index is 11.3. The number of nitro benzene ring substituents is 1. The van der Waals surface area contributed by atoms with Gasteiger partial charge in [0.2, 0.25) is 0 Å². The number of terminal acetylenes is 1. The van der Waals surface area contributed by atoms with Gasteiger partial charge in [-0.25, -0.2) is 0 Å². The maximum absolute atomic E-state index is 11.3. The first-order valence-electron chi connectivity index (χ1n) is 5.54. The number of benzene rings is 1. The van der Waals surface area contributed by atoms with E-state index in [1.165, 1.54) is 6.07 Å². The van der Waals surface area contributed by atoms with Gasteiger partial charge in [-0.1, -0.05) is 5.92 Å². The van der Waals surface area contributed by atoms with Crippen molar-refractivity contribution in [2.24, 2.45) is 0 Å². The molecule has 0 aromatic heterocycles. The van der Waals surface area contributed by atoms with Crippen LogP contribution in [0.5, 0.6) is 5.75 Å². The number of amides is 1. The largest absolute Gasteiger partial charge is 0.483 e. The Bertz CT molecular complexity index is 546. The topological polar surface area (TPSA) is 81.5 Å². The lowest BCUT2D eigenvalue weighted by molar-refractivity contribution is -0.385. The van der Waals surface area contributed by atoms with Gasteiger partial charge in [0.1, 0.15) is 5.75 Å². The second kappa shape index (κ2) is 6.40. The third-order valence-electron chi connectivity index (χ3n) is 2.44. The second-order valence-corrected chi connectivity index (χ2v) is 3.93. The van der Waals surface area contributed by atoms with Crippen LogP contribution in [0.15, 0.2) is 12.1 Å². The van der Waals surface area contributed by atoms with E-state index >= 15 is 0 Å². The molecule has 0 radical (unpaired) electrons. The summed E-state index contributed by atoms with van der Waals surface area (Å²) in [5.41, 5.74) is 1.24. The van der Waals surface area contributed by atoms with E-state index in [9.17, 15) is 14.9 Å². The Kier molecular flexibility index (Phi) is 4.89. The molecule has 1 amide bonds. The number of carbonyl (C=O) groups excluding carboxylic acids is 1. The number of hydrogen-bond donors (Lipinski definition) is 1. The van der Waals surface area contributed by atoms with Crippen LogP contribution in [0, 0.1) is 36.3 Å². The number of hydrogen-bond acceptors (Lipinski definition) is 4. The van der Waals surface area contributed by atoms with Crippen molar-refractivity contribution in [3.05, 3.63) is 33.4 Å². The molecule has 0 aliphatic rings. The molecular weight excluding hydrogens is 248 g/mol. The smallest absolute Gasteiger partial charge is 0.276 e. The predicted octanol–water partition coefficient (Wildman–Crippen LogP) is 1.34. The van der Waals surface area contributed by atoms with Crippen LogP contribution in [-0.4, -0.2) is 24.0 Å². The number of carbonyl (C=O) groups is 1. The van der Waals surface area contributed by atoms with Gasteiger partial charge < -0.3 is 10.1 Å². The zero-order chi connectivity index (χ0) is 14.4. The molecule has 1 rings (SSSR count). The van der Waals surface area contributed by atoms with Gasteiger partial charge in [0, 0.05) is 5.56 Å². The number of ether oxygens (including phenoxy) is 1. The lowest BCUT2D eigenvalue weighted by Crippen LogP contribution is -2.29. The van der Waals surface area contributed by atoms with Crippen LogP contribution in [0.4, 0.5) is 5.69 Å². The molecule has 0 bridgehead atoms. The van der Waals surface area contributed by atoms with Crippen LogP contribution in [0.1, 0.15) is 11.1 Å². The van der Waals surface area contributed by atoms with Crippen molar-refractivity contribution < 1.29 is 14.5 Å². The van der Waals surface area contributed by atoms with Gasteiger partial charge in [-0.05, 0) is 25.5 Å². The highest BCUT2D eigenvalue weighted by Gasteiger charge is 2.15. The first kappa shape index (κ1) is 14.5. The summed E-state index contributed by atoms with van der Waals surface area (Å²) in [4.78, 5) is 21.6. The summed E-state index contributed by atoms with van der Waals surface area (Å²) in [6.45, 7) is 3.29. The summed E-state index contributed by atoms with van der Waals surface area (Å²) in [5, 5.41) is 13.3. The summed E-state index contributed by atoms with van der Waals surface area (Å²) >= 11 is 0. The summed E-state index contributed by atoms with van der Waals surface area (Å²) < 4.78 is 5.26. The number of aryl methyl sites for hydroxylation is 2. The summed E-state index contributed by atoms with van der Waals surface area (Å²) in [6.07, 6.45) is 5.00. The Balaban J connectivity index is 2.79. The van der Waals surface area contributed by atoms with Crippen molar-refractivity contribution in [2.75, 3.05) is 13.2 Å². The number of nitrogens with zero attached hydrogens (tertiary/aromatic N) is 1. The van der Waals surface area contributed by atoms with Crippen LogP contribution < -0.4 is 10.1 Å². The summed E-state index contributed by atoms with van der Waals surface area (Å²) in [6, 6.07) is 2.96. The third-order valence-corrected chi connectivity index (χ3v) is 2.44. The molecule has 0 saturated carbocycles. The molecule has 0 aliphatic heterocycles. The molecule has 1 N–H and O–H groups in total. The van der Waals surface area contributed by atoms with E-state index < -0.39 is 4.92 Å². The molecule has 0 aliphatic carbocycles. The molecule has 0 spiro atoms. The average molecular weight is 262 g/mol. The van der Waals surface area contributed by atoms with E-state index in [1.54, 1.807) is 19.9 Å². The fourth-order valence-electron chi connectivity index (χ4n) is 1.52. The van der Waals surface area contributed by atoms with Gasteiger partial charge in [-0.15, -0.1) is 6.42 Å². The van der Waals surface area contributed by atoms with E-state index in [2.05, 4.69) is 11.2 Å². The van der Waals surface area contributed by atoms with Crippen LogP contribution in [0.2, 0.25) is 0 Å². The first-order chi connectivity index (χ1) is 8.95. The third kappa shape index (κ3) is 4.00. The van der Waals surface area contributed by atoms with Crippen molar-refractivity contribution in [1.82, 2.24) is 5.32 Å². The molecule has 19 heavy (non-hydrogen) atoms. The molecule has 6 heteroatoms. The quantitative estimate of drug-likeness (QED) is 0.493. The highest BCUT2D eigenvalue weighted by molar-refractivity contribution is 5.77. The minimum Gasteiger partial charge on any atom is -0.483 e. The molecule has 1 aromatic carbocycles. The maximum Gasteiger partial charge on any atom is 0.276 e. The zero-order valence-electron chi connectivity index (χ0n) is 10.7. The molecule has 6 nitrogen and oxygen atoms in total. The van der Waals surface area contributed by atoms with E-state index in [0.29, 0.717) is 11.3 Å². The van der Waals surface area contributed by atoms with Crippen molar-refractivity contribution in [3.8, 4) is 18.1 Å². The number of rotatable bonds is 5. The monoisotopic (exact) mass is 262 g/mol. The fraction of sp³-hybridized carbons (Fsp3) is 0.308. The van der Waals surface area contributed by atoms with Crippen molar-refractivity contribution in [3.63, 3.8) is 0 Å². The van der Waals surface area contributed by atoms with Crippen LogP contribution in [0.25, 0.3) is 0 Å². The Morgan fingerprint density at radius 3 is 2.74 bits per heavy atom. The number of nitro groups is 1. The van der Waals surface area contributed by atoms with Gasteiger partial charge in [-0.2, -0.15) is 0 Å². The van der Waals surface area contributed by atoms with Crippen LogP contribution in [-0.2, 0) is 4.79 Å². The van der Waals surface area contributed by atoms with E-state index in [1.807, 2.05) is 0 Å². The normalized spacial score (nSPS) is 9.53. The number of nitrogens with one attached hydrogen (secondary N) is 1. The molecule has 0 unspecified atom stereocenters. The van der Waals surface area contributed by atoms with Crippen molar-refractivity contribution in [2.45, 2.75) is 13.8 Å². The lowest BCUT2D eigenvalue weighted by atomic mass is 10.1. The van der Waals surface area contributed by atoms with Gasteiger partial charge in [-0.3, -0.25) is 14.9 Å². The molecule has 0 fully saturated rings. The van der Waals surface area contributed by atoms with E-state index in [4.69, 9.17) is 11.2 Å². The molecule has 0 atom stereocenters. The van der Waals surface area contributed by atoms with Crippen LogP contribution >= 0.6 is 0 Å². The second-order valence-electron chi connectivity index (χ2n) is 3.93. The predicted molar refractivity (Wildman–Crippen MR) is 69.9 cm³/mol. The molecule has 100 valence electrons. The molecule has 0 saturated heterocycles. The van der Waals surface area contributed by atoms with Crippen LogP contribution in [0.3, 0.4) is 0 Å². The SMILES string of the molecule is C#CCNC(=O)COc1cc([N+](=O)[O-])c(C)cc1C. The highest BCUT2D eigenvalue weighted by Crippen LogP contribution is 2.27. The zero-order valence-corrected chi connectivity index (χ0v) is 10.7. The molecular formula is C13H14N2O4. The van der Waals surface area contributed by atoms with Gasteiger partial charge in [0.25, 0.3) is 11.6 Å². The summed E-state index contributed by atoms with van der Waals surface area (Å²) in [7, 11) is 0. The highest BCUT2D eigenvalue weighted by atomic mass is 16.6. The van der Waals surface area contributed by atoms with Gasteiger partial charge >= 0.3 is 0 Å². The Morgan fingerprint density at radius 1 is 1.47 bits per heavy atom. The first-order valence-corrected chi connectivity index (χ1v) is 5.54. The van der Waals surface area contributed by atoms with Crippen molar-refractivity contribution in [1.29, 1.82) is 0 Å².